The van der Waals surface area contributed by atoms with Gasteiger partial charge in [0.2, 0.25) is 5.91 Å². The fourth-order valence-electron chi connectivity index (χ4n) is 2.83. The monoisotopic (exact) mass is 417 g/mol. The summed E-state index contributed by atoms with van der Waals surface area (Å²) in [6.07, 6.45) is 0. The first-order valence-electron chi connectivity index (χ1n) is 8.38. The predicted molar refractivity (Wildman–Crippen MR) is 113 cm³/mol. The second-order valence-electron chi connectivity index (χ2n) is 6.24. The van der Waals surface area contributed by atoms with Crippen molar-refractivity contribution in [2.75, 3.05) is 21.7 Å². The van der Waals surface area contributed by atoms with Crippen LogP contribution in [0.3, 0.4) is 0 Å². The number of anilines is 2. The first kappa shape index (κ1) is 18.4. The van der Waals surface area contributed by atoms with Crippen LogP contribution in [0.15, 0.2) is 52.4 Å². The van der Waals surface area contributed by atoms with Crippen molar-refractivity contribution in [2.45, 2.75) is 17.9 Å². The average molecular weight is 418 g/mol. The van der Waals surface area contributed by atoms with Gasteiger partial charge in [0.25, 0.3) is 5.91 Å². The van der Waals surface area contributed by atoms with Gasteiger partial charge >= 0.3 is 0 Å². The highest BCUT2D eigenvalue weighted by Gasteiger charge is 2.28. The second kappa shape index (κ2) is 7.58. The number of thioether (sulfide) groups is 2. The zero-order valence-electron chi connectivity index (χ0n) is 14.4. The summed E-state index contributed by atoms with van der Waals surface area (Å²) in [5, 5.41) is 4.11. The number of hydrogen-bond donors (Lipinski definition) is 1. The van der Waals surface area contributed by atoms with Gasteiger partial charge in [-0.3, -0.25) is 19.5 Å². The minimum absolute atomic E-state index is 0.0591. The number of halogens is 1. The van der Waals surface area contributed by atoms with Crippen LogP contribution in [-0.2, 0) is 4.79 Å². The van der Waals surface area contributed by atoms with E-state index in [2.05, 4.69) is 10.3 Å². The molecule has 0 radical (unpaired) electrons. The molecule has 5 nitrogen and oxygen atoms in total. The molecule has 2 heterocycles. The van der Waals surface area contributed by atoms with Gasteiger partial charge in [0.15, 0.2) is 5.17 Å². The normalized spacial score (nSPS) is 18.5. The summed E-state index contributed by atoms with van der Waals surface area (Å²) in [6, 6.07) is 12.7. The first-order chi connectivity index (χ1) is 13.0. The van der Waals surface area contributed by atoms with E-state index in [4.69, 9.17) is 11.6 Å². The Kier molecular flexibility index (Phi) is 5.16. The zero-order chi connectivity index (χ0) is 19.0. The molecule has 0 saturated heterocycles. The van der Waals surface area contributed by atoms with E-state index in [0.717, 1.165) is 10.6 Å². The molecule has 2 aromatic carbocycles. The summed E-state index contributed by atoms with van der Waals surface area (Å²) in [5.41, 5.74) is 1.88. The molecule has 2 amide bonds. The highest BCUT2D eigenvalue weighted by Crippen LogP contribution is 2.34. The molecule has 138 valence electrons. The number of carbonyl (C=O) groups is 2. The van der Waals surface area contributed by atoms with Gasteiger partial charge in [-0.1, -0.05) is 23.4 Å². The Morgan fingerprint density at radius 2 is 2.00 bits per heavy atom. The SMILES string of the molecule is C[C@@H]1CSC(N(C(=O)c2ccc3c(c2)NC(=O)CS3)c2ccc(Cl)cc2)=N1. The molecule has 2 aliphatic heterocycles. The Balaban J connectivity index is 1.73. The lowest BCUT2D eigenvalue weighted by Gasteiger charge is -2.23. The molecule has 0 fully saturated rings. The molecule has 1 N–H and O–H groups in total. The quantitative estimate of drug-likeness (QED) is 0.780. The van der Waals surface area contributed by atoms with Crippen LogP contribution in [0.4, 0.5) is 11.4 Å². The number of amides is 2. The van der Waals surface area contributed by atoms with Crippen molar-refractivity contribution < 1.29 is 9.59 Å². The molecule has 1 atom stereocenters. The fraction of sp³-hybridized carbons (Fsp3) is 0.211. The number of rotatable bonds is 2. The van der Waals surface area contributed by atoms with Crippen molar-refractivity contribution >= 4 is 63.5 Å². The molecule has 2 aromatic rings. The number of aliphatic imine (C=N–C) groups is 1. The Morgan fingerprint density at radius 1 is 1.22 bits per heavy atom. The van der Waals surface area contributed by atoms with Crippen molar-refractivity contribution in [3.05, 3.63) is 53.1 Å². The number of fused-ring (bicyclic) bond motifs is 1. The van der Waals surface area contributed by atoms with Gasteiger partial charge in [-0.25, -0.2) is 0 Å². The number of amidine groups is 1. The second-order valence-corrected chi connectivity index (χ2v) is 8.68. The summed E-state index contributed by atoms with van der Waals surface area (Å²) in [4.78, 5) is 32.2. The fourth-order valence-corrected chi connectivity index (χ4v) is 4.78. The maximum absolute atomic E-state index is 13.4. The summed E-state index contributed by atoms with van der Waals surface area (Å²) in [6.45, 7) is 2.02. The minimum atomic E-state index is -0.190. The minimum Gasteiger partial charge on any atom is -0.324 e. The van der Waals surface area contributed by atoms with E-state index in [1.807, 2.05) is 25.1 Å². The van der Waals surface area contributed by atoms with Crippen molar-refractivity contribution in [2.24, 2.45) is 4.99 Å². The zero-order valence-corrected chi connectivity index (χ0v) is 16.8. The summed E-state index contributed by atoms with van der Waals surface area (Å²) < 4.78 is 0. The highest BCUT2D eigenvalue weighted by molar-refractivity contribution is 8.14. The summed E-state index contributed by atoms with van der Waals surface area (Å²) in [5.74, 6) is 0.980. The van der Waals surface area contributed by atoms with E-state index < -0.39 is 0 Å². The van der Waals surface area contributed by atoms with Gasteiger partial charge in [-0.15, -0.1) is 11.8 Å². The standard InChI is InChI=1S/C19H16ClN3O2S2/c1-11-9-27-19(21-11)23(14-5-3-13(20)4-6-14)18(25)12-2-7-16-15(8-12)22-17(24)10-26-16/h2-8,11H,9-10H2,1H3,(H,22,24)/t11-/m1/s1. The van der Waals surface area contributed by atoms with Crippen LogP contribution in [0.2, 0.25) is 5.02 Å². The largest absolute Gasteiger partial charge is 0.324 e. The van der Waals surface area contributed by atoms with E-state index in [-0.39, 0.29) is 17.9 Å². The lowest BCUT2D eigenvalue weighted by Crippen LogP contribution is -2.34. The molecule has 27 heavy (non-hydrogen) atoms. The molecule has 0 saturated carbocycles. The van der Waals surface area contributed by atoms with Crippen LogP contribution >= 0.6 is 35.1 Å². The van der Waals surface area contributed by atoms with Gasteiger partial charge in [-0.05, 0) is 49.4 Å². The van der Waals surface area contributed by atoms with Crippen LogP contribution in [0.5, 0.6) is 0 Å². The molecule has 0 spiro atoms. The van der Waals surface area contributed by atoms with Gasteiger partial charge in [0.1, 0.15) is 0 Å². The van der Waals surface area contributed by atoms with E-state index in [0.29, 0.717) is 32.9 Å². The third-order valence-electron chi connectivity index (χ3n) is 4.12. The Hall–Kier alpha value is -1.96. The average Bonchev–Trinajstić information content (AvgIpc) is 3.08. The van der Waals surface area contributed by atoms with Crippen LogP contribution in [-0.4, -0.2) is 34.5 Å². The van der Waals surface area contributed by atoms with Gasteiger partial charge in [0.05, 0.1) is 23.2 Å². The third kappa shape index (κ3) is 3.85. The van der Waals surface area contributed by atoms with Gasteiger partial charge < -0.3 is 5.32 Å². The molecular weight excluding hydrogens is 402 g/mol. The Labute approximate surface area is 170 Å². The van der Waals surface area contributed by atoms with Crippen molar-refractivity contribution in [1.29, 1.82) is 0 Å². The molecule has 0 bridgehead atoms. The molecule has 0 aromatic heterocycles. The topological polar surface area (TPSA) is 61.8 Å². The number of carbonyl (C=O) groups excluding carboxylic acids is 2. The van der Waals surface area contributed by atoms with Gasteiger partial charge in [0, 0.05) is 21.2 Å². The Morgan fingerprint density at radius 3 is 2.70 bits per heavy atom. The van der Waals surface area contributed by atoms with Crippen molar-refractivity contribution in [3.63, 3.8) is 0 Å². The lowest BCUT2D eigenvalue weighted by atomic mass is 10.1. The maximum Gasteiger partial charge on any atom is 0.264 e. The highest BCUT2D eigenvalue weighted by atomic mass is 35.5. The number of hydrogen-bond acceptors (Lipinski definition) is 5. The lowest BCUT2D eigenvalue weighted by molar-refractivity contribution is -0.113. The van der Waals surface area contributed by atoms with E-state index >= 15 is 0 Å². The van der Waals surface area contributed by atoms with Gasteiger partial charge in [-0.2, -0.15) is 0 Å². The maximum atomic E-state index is 13.4. The van der Waals surface area contributed by atoms with Crippen LogP contribution in [0.1, 0.15) is 17.3 Å². The first-order valence-corrected chi connectivity index (χ1v) is 10.7. The smallest absolute Gasteiger partial charge is 0.264 e. The van der Waals surface area contributed by atoms with E-state index in [1.54, 1.807) is 40.9 Å². The molecule has 0 unspecified atom stereocenters. The number of benzene rings is 2. The van der Waals surface area contributed by atoms with Crippen LogP contribution in [0.25, 0.3) is 0 Å². The molecular formula is C19H16ClN3O2S2. The van der Waals surface area contributed by atoms with E-state index in [9.17, 15) is 9.59 Å². The summed E-state index contributed by atoms with van der Waals surface area (Å²) >= 11 is 9.04. The number of nitrogens with one attached hydrogen (secondary N) is 1. The predicted octanol–water partition coefficient (Wildman–Crippen LogP) is 4.52. The van der Waals surface area contributed by atoms with Crippen LogP contribution in [0, 0.1) is 0 Å². The Bertz CT molecular complexity index is 946. The van der Waals surface area contributed by atoms with Crippen molar-refractivity contribution in [3.8, 4) is 0 Å². The summed E-state index contributed by atoms with van der Waals surface area (Å²) in [7, 11) is 0. The third-order valence-corrected chi connectivity index (χ3v) is 6.64. The van der Waals surface area contributed by atoms with E-state index in [1.165, 1.54) is 11.8 Å². The van der Waals surface area contributed by atoms with Crippen molar-refractivity contribution in [1.82, 2.24) is 0 Å². The number of nitrogens with zero attached hydrogens (tertiary/aromatic N) is 2. The van der Waals surface area contributed by atoms with Crippen LogP contribution < -0.4 is 10.2 Å². The molecule has 2 aliphatic rings. The molecule has 0 aliphatic carbocycles. The molecule has 8 heteroatoms. The molecule has 4 rings (SSSR count).